The van der Waals surface area contributed by atoms with Gasteiger partial charge in [-0.05, 0) is 57.2 Å². The van der Waals surface area contributed by atoms with Gasteiger partial charge in [-0.1, -0.05) is 25.7 Å². The van der Waals surface area contributed by atoms with Gasteiger partial charge in [-0.3, -0.25) is 0 Å². The molecule has 2 heterocycles. The average molecular weight is 236 g/mol. The third-order valence-corrected chi connectivity index (χ3v) is 5.30. The summed E-state index contributed by atoms with van der Waals surface area (Å²) in [6, 6.07) is 0.853. The molecule has 1 aliphatic carbocycles. The Balaban J connectivity index is 1.42. The predicted octanol–water partition coefficient (Wildman–Crippen LogP) is 2.64. The summed E-state index contributed by atoms with van der Waals surface area (Å²) in [6.45, 7) is 5.38. The number of fused-ring (bicyclic) bond motifs is 1. The first-order chi connectivity index (χ1) is 8.42. The first-order valence-electron chi connectivity index (χ1n) is 7.87. The molecule has 3 rings (SSSR count). The predicted molar refractivity (Wildman–Crippen MR) is 72.1 cm³/mol. The average Bonchev–Trinajstić information content (AvgIpc) is 2.89. The van der Waals surface area contributed by atoms with Crippen LogP contribution in [0.25, 0.3) is 0 Å². The van der Waals surface area contributed by atoms with E-state index in [2.05, 4.69) is 10.2 Å². The molecule has 0 radical (unpaired) electrons. The van der Waals surface area contributed by atoms with Crippen molar-refractivity contribution in [2.24, 2.45) is 11.8 Å². The van der Waals surface area contributed by atoms with Gasteiger partial charge in [-0.25, -0.2) is 0 Å². The van der Waals surface area contributed by atoms with Crippen LogP contribution in [-0.4, -0.2) is 37.1 Å². The third-order valence-electron chi connectivity index (χ3n) is 5.30. The van der Waals surface area contributed by atoms with Crippen molar-refractivity contribution in [3.8, 4) is 0 Å². The Bertz CT molecular complexity index is 235. The molecule has 0 spiro atoms. The lowest BCUT2D eigenvalue weighted by Gasteiger charge is -2.42. The molecule has 2 heteroatoms. The van der Waals surface area contributed by atoms with E-state index >= 15 is 0 Å². The molecule has 2 atom stereocenters. The zero-order valence-electron chi connectivity index (χ0n) is 11.2. The van der Waals surface area contributed by atoms with E-state index in [0.29, 0.717) is 0 Å². The molecule has 2 aliphatic heterocycles. The van der Waals surface area contributed by atoms with Crippen LogP contribution in [0.5, 0.6) is 0 Å². The minimum Gasteiger partial charge on any atom is -0.314 e. The lowest BCUT2D eigenvalue weighted by Crippen LogP contribution is -2.52. The standard InChI is InChI=1S/C15H28N2/c1-2-5-13(4-1)7-10-17-11-8-15-14(12-17)6-3-9-16-15/h13-16H,1-12H2. The quantitative estimate of drug-likeness (QED) is 0.810. The summed E-state index contributed by atoms with van der Waals surface area (Å²) in [7, 11) is 0. The van der Waals surface area contributed by atoms with E-state index in [-0.39, 0.29) is 0 Å². The van der Waals surface area contributed by atoms with Crippen LogP contribution in [0.2, 0.25) is 0 Å². The van der Waals surface area contributed by atoms with E-state index in [1.807, 2.05) is 0 Å². The molecule has 2 unspecified atom stereocenters. The lowest BCUT2D eigenvalue weighted by atomic mass is 9.85. The Hall–Kier alpha value is -0.0800. The van der Waals surface area contributed by atoms with Gasteiger partial charge in [0.15, 0.2) is 0 Å². The first-order valence-corrected chi connectivity index (χ1v) is 7.87. The molecular formula is C15H28N2. The van der Waals surface area contributed by atoms with E-state index in [0.717, 1.165) is 17.9 Å². The van der Waals surface area contributed by atoms with Crippen molar-refractivity contribution in [3.05, 3.63) is 0 Å². The van der Waals surface area contributed by atoms with E-state index in [9.17, 15) is 0 Å². The molecule has 0 bridgehead atoms. The highest BCUT2D eigenvalue weighted by Gasteiger charge is 2.30. The maximum Gasteiger partial charge on any atom is 0.0120 e. The summed E-state index contributed by atoms with van der Waals surface area (Å²) < 4.78 is 0. The van der Waals surface area contributed by atoms with Crippen molar-refractivity contribution in [2.45, 2.75) is 57.4 Å². The Labute approximate surface area is 106 Å². The van der Waals surface area contributed by atoms with Gasteiger partial charge in [0.1, 0.15) is 0 Å². The van der Waals surface area contributed by atoms with E-state index in [4.69, 9.17) is 0 Å². The maximum atomic E-state index is 3.71. The Morgan fingerprint density at radius 1 is 1.00 bits per heavy atom. The first kappa shape index (κ1) is 12.0. The summed E-state index contributed by atoms with van der Waals surface area (Å²) in [5, 5.41) is 3.71. The van der Waals surface area contributed by atoms with Gasteiger partial charge >= 0.3 is 0 Å². The number of hydrogen-bond acceptors (Lipinski definition) is 2. The summed E-state index contributed by atoms with van der Waals surface area (Å²) in [6.07, 6.45) is 11.8. The molecule has 2 saturated heterocycles. The smallest absolute Gasteiger partial charge is 0.0120 e. The fourth-order valence-corrected chi connectivity index (χ4v) is 4.19. The van der Waals surface area contributed by atoms with Crippen molar-refractivity contribution in [2.75, 3.05) is 26.2 Å². The van der Waals surface area contributed by atoms with Crippen molar-refractivity contribution in [1.82, 2.24) is 10.2 Å². The van der Waals surface area contributed by atoms with Gasteiger partial charge in [0.05, 0.1) is 0 Å². The molecule has 1 saturated carbocycles. The fraction of sp³-hybridized carbons (Fsp3) is 1.00. The third kappa shape index (κ3) is 3.03. The van der Waals surface area contributed by atoms with Crippen LogP contribution in [0.3, 0.4) is 0 Å². The summed E-state index contributed by atoms with van der Waals surface area (Å²) >= 11 is 0. The topological polar surface area (TPSA) is 15.3 Å². The highest BCUT2D eigenvalue weighted by Crippen LogP contribution is 2.29. The van der Waals surface area contributed by atoms with Crippen LogP contribution >= 0.6 is 0 Å². The van der Waals surface area contributed by atoms with Crippen molar-refractivity contribution in [1.29, 1.82) is 0 Å². The van der Waals surface area contributed by atoms with E-state index < -0.39 is 0 Å². The Morgan fingerprint density at radius 3 is 2.76 bits per heavy atom. The van der Waals surface area contributed by atoms with Gasteiger partial charge in [0, 0.05) is 12.6 Å². The van der Waals surface area contributed by atoms with Crippen LogP contribution in [0.4, 0.5) is 0 Å². The Kier molecular flexibility index (Phi) is 4.02. The number of rotatable bonds is 3. The minimum atomic E-state index is 0.853. The molecule has 1 N–H and O–H groups in total. The second kappa shape index (κ2) is 5.71. The zero-order valence-corrected chi connectivity index (χ0v) is 11.2. The molecule has 17 heavy (non-hydrogen) atoms. The molecule has 3 aliphatic rings. The van der Waals surface area contributed by atoms with Gasteiger partial charge < -0.3 is 10.2 Å². The van der Waals surface area contributed by atoms with Gasteiger partial charge in [-0.15, -0.1) is 0 Å². The normalized spacial score (nSPS) is 36.0. The molecule has 0 amide bonds. The SMILES string of the molecule is C1CCC(CCN2CCC3NCCCC3C2)C1. The molecule has 2 nitrogen and oxygen atoms in total. The van der Waals surface area contributed by atoms with Crippen molar-refractivity contribution in [3.63, 3.8) is 0 Å². The van der Waals surface area contributed by atoms with E-state index in [1.54, 1.807) is 0 Å². The molecule has 98 valence electrons. The van der Waals surface area contributed by atoms with Crippen molar-refractivity contribution >= 4 is 0 Å². The number of piperidine rings is 2. The van der Waals surface area contributed by atoms with Gasteiger partial charge in [0.2, 0.25) is 0 Å². The monoisotopic (exact) mass is 236 g/mol. The van der Waals surface area contributed by atoms with Crippen LogP contribution in [-0.2, 0) is 0 Å². The maximum absolute atomic E-state index is 3.71. The fourth-order valence-electron chi connectivity index (χ4n) is 4.19. The molecule has 0 aromatic carbocycles. The number of nitrogens with one attached hydrogen (secondary N) is 1. The highest BCUT2D eigenvalue weighted by atomic mass is 15.1. The molecular weight excluding hydrogens is 208 g/mol. The largest absolute Gasteiger partial charge is 0.314 e. The molecule has 0 aromatic rings. The summed E-state index contributed by atoms with van der Waals surface area (Å²) in [5.74, 6) is 2.03. The van der Waals surface area contributed by atoms with Gasteiger partial charge in [-0.2, -0.15) is 0 Å². The second-order valence-corrected chi connectivity index (χ2v) is 6.49. The van der Waals surface area contributed by atoms with Crippen LogP contribution in [0.15, 0.2) is 0 Å². The van der Waals surface area contributed by atoms with Crippen molar-refractivity contribution < 1.29 is 0 Å². The molecule has 3 fully saturated rings. The minimum absolute atomic E-state index is 0.853. The molecule has 0 aromatic heterocycles. The zero-order chi connectivity index (χ0) is 11.5. The number of likely N-dealkylation sites (tertiary alicyclic amines) is 1. The summed E-state index contributed by atoms with van der Waals surface area (Å²) in [4.78, 5) is 2.76. The van der Waals surface area contributed by atoms with Crippen LogP contribution in [0, 0.1) is 11.8 Å². The number of nitrogens with zero attached hydrogens (tertiary/aromatic N) is 1. The van der Waals surface area contributed by atoms with Crippen LogP contribution < -0.4 is 5.32 Å². The summed E-state index contributed by atoms with van der Waals surface area (Å²) in [5.41, 5.74) is 0. The van der Waals surface area contributed by atoms with Crippen LogP contribution in [0.1, 0.15) is 51.4 Å². The van der Waals surface area contributed by atoms with E-state index in [1.165, 1.54) is 77.5 Å². The number of hydrogen-bond donors (Lipinski definition) is 1. The highest BCUT2D eigenvalue weighted by molar-refractivity contribution is 4.88. The van der Waals surface area contributed by atoms with Gasteiger partial charge in [0.25, 0.3) is 0 Å². The Morgan fingerprint density at radius 2 is 1.88 bits per heavy atom. The lowest BCUT2D eigenvalue weighted by molar-refractivity contribution is 0.109. The second-order valence-electron chi connectivity index (χ2n) is 6.49.